The predicted octanol–water partition coefficient (Wildman–Crippen LogP) is 2.72. The zero-order valence-electron chi connectivity index (χ0n) is 5.60. The highest BCUT2D eigenvalue weighted by Crippen LogP contribution is 1.91. The van der Waals surface area contributed by atoms with E-state index in [0.717, 1.165) is 6.42 Å². The summed E-state index contributed by atoms with van der Waals surface area (Å²) in [6.45, 7) is 0. The fourth-order valence-electron chi connectivity index (χ4n) is 0.531. The Bertz CT molecular complexity index is 172. The van der Waals surface area contributed by atoms with Crippen molar-refractivity contribution >= 4 is 17.6 Å². The summed E-state index contributed by atoms with van der Waals surface area (Å²) >= 11 is 1.71. The highest BCUT2D eigenvalue weighted by Gasteiger charge is 1.73. The standard InChI is InChI=1S/C4H5N.C4H4S/c2*1-2-4-5-3-1/h1,3-4H,2H2;1-4H. The maximum absolute atomic E-state index is 3.78. The lowest BCUT2D eigenvalue weighted by Crippen LogP contribution is -1.51. The van der Waals surface area contributed by atoms with Crippen LogP contribution in [0.15, 0.2) is 40.2 Å². The molecule has 1 aromatic rings. The van der Waals surface area contributed by atoms with E-state index in [0.29, 0.717) is 0 Å². The molecule has 0 fully saturated rings. The minimum atomic E-state index is 1.03. The molecule has 0 N–H and O–H groups in total. The van der Waals surface area contributed by atoms with E-state index in [-0.39, 0.29) is 0 Å². The third-order valence-corrected chi connectivity index (χ3v) is 1.59. The molecule has 0 unspecified atom stereocenters. The third kappa shape index (κ3) is 3.20. The van der Waals surface area contributed by atoms with Gasteiger partial charge in [-0.15, -0.1) is 0 Å². The molecule has 0 saturated carbocycles. The van der Waals surface area contributed by atoms with Gasteiger partial charge < -0.3 is 0 Å². The van der Waals surface area contributed by atoms with Crippen molar-refractivity contribution in [3.8, 4) is 0 Å². The van der Waals surface area contributed by atoms with E-state index >= 15 is 0 Å². The fraction of sp³-hybridized carbons (Fsp3) is 0.125. The van der Waals surface area contributed by atoms with E-state index in [1.165, 1.54) is 0 Å². The molecule has 10 heavy (non-hydrogen) atoms. The van der Waals surface area contributed by atoms with Crippen LogP contribution in [0.3, 0.4) is 0 Å². The average Bonchev–Trinajstić information content (AvgIpc) is 2.67. The molecule has 2 rings (SSSR count). The number of thiophene rings is 1. The van der Waals surface area contributed by atoms with Crippen molar-refractivity contribution in [1.82, 2.24) is 0 Å². The summed E-state index contributed by atoms with van der Waals surface area (Å²) in [5, 5.41) is 4.08. The number of aliphatic imine (C=N–C) groups is 1. The van der Waals surface area contributed by atoms with Crippen LogP contribution in [0, 0.1) is 0 Å². The quantitative estimate of drug-likeness (QED) is 0.540. The molecule has 1 aromatic heterocycles. The van der Waals surface area contributed by atoms with Crippen molar-refractivity contribution in [1.29, 1.82) is 0 Å². The molecule has 0 radical (unpaired) electrons. The first-order chi connectivity index (χ1) is 5.00. The average molecular weight is 151 g/mol. The molecule has 0 aliphatic carbocycles. The Labute approximate surface area is 64.7 Å². The van der Waals surface area contributed by atoms with E-state index in [9.17, 15) is 0 Å². The Hall–Kier alpha value is -0.890. The molecule has 0 atom stereocenters. The molecule has 0 aromatic carbocycles. The van der Waals surface area contributed by atoms with Crippen molar-refractivity contribution in [2.75, 3.05) is 0 Å². The fourth-order valence-corrected chi connectivity index (χ4v) is 0.985. The third-order valence-electron chi connectivity index (χ3n) is 0.964. The summed E-state index contributed by atoms with van der Waals surface area (Å²) in [6, 6.07) is 4.04. The predicted molar refractivity (Wildman–Crippen MR) is 46.6 cm³/mol. The first kappa shape index (κ1) is 7.22. The second-order valence-electron chi connectivity index (χ2n) is 1.75. The second-order valence-corrected chi connectivity index (χ2v) is 2.56. The molecule has 52 valence electrons. The van der Waals surface area contributed by atoms with Gasteiger partial charge in [-0.25, -0.2) is 0 Å². The Kier molecular flexibility index (Phi) is 3.57. The van der Waals surface area contributed by atoms with Gasteiger partial charge in [0.1, 0.15) is 0 Å². The van der Waals surface area contributed by atoms with Gasteiger partial charge in [0.25, 0.3) is 0 Å². The lowest BCUT2D eigenvalue weighted by Gasteiger charge is -1.54. The first-order valence-corrected chi connectivity index (χ1v) is 4.08. The molecule has 2 heterocycles. The van der Waals surface area contributed by atoms with Crippen molar-refractivity contribution in [3.63, 3.8) is 0 Å². The molecule has 0 saturated heterocycles. The Morgan fingerprint density at radius 3 is 2.20 bits per heavy atom. The topological polar surface area (TPSA) is 12.4 Å². The summed E-state index contributed by atoms with van der Waals surface area (Å²) in [4.78, 5) is 3.78. The Morgan fingerprint density at radius 1 is 1.20 bits per heavy atom. The van der Waals surface area contributed by atoms with E-state index in [1.54, 1.807) is 17.5 Å². The summed E-state index contributed by atoms with van der Waals surface area (Å²) in [7, 11) is 0. The van der Waals surface area contributed by atoms with Crippen LogP contribution in [0.25, 0.3) is 0 Å². The van der Waals surface area contributed by atoms with Crippen molar-refractivity contribution in [2.45, 2.75) is 6.42 Å². The highest BCUT2D eigenvalue weighted by molar-refractivity contribution is 7.07. The maximum Gasteiger partial charge on any atom is 0.0227 e. The van der Waals surface area contributed by atoms with Crippen LogP contribution in [0.1, 0.15) is 6.42 Å². The van der Waals surface area contributed by atoms with Gasteiger partial charge in [-0.05, 0) is 10.8 Å². The summed E-state index contributed by atoms with van der Waals surface area (Å²) in [5.74, 6) is 0. The van der Waals surface area contributed by atoms with Gasteiger partial charge in [-0.1, -0.05) is 18.2 Å². The van der Waals surface area contributed by atoms with Gasteiger partial charge in [-0.2, -0.15) is 11.3 Å². The van der Waals surface area contributed by atoms with Crippen LogP contribution >= 0.6 is 11.3 Å². The van der Waals surface area contributed by atoms with E-state index in [4.69, 9.17) is 0 Å². The summed E-state index contributed by atoms with van der Waals surface area (Å²) in [5.41, 5.74) is 0. The largest absolute Gasteiger partial charge is 0.269 e. The number of allylic oxidation sites excluding steroid dienone is 1. The van der Waals surface area contributed by atoms with E-state index < -0.39 is 0 Å². The van der Waals surface area contributed by atoms with Crippen molar-refractivity contribution < 1.29 is 0 Å². The van der Waals surface area contributed by atoms with Crippen LogP contribution in [0.2, 0.25) is 0 Å². The smallest absolute Gasteiger partial charge is 0.0227 e. The van der Waals surface area contributed by atoms with Crippen molar-refractivity contribution in [2.24, 2.45) is 4.99 Å². The number of hydrogen-bond donors (Lipinski definition) is 0. The summed E-state index contributed by atoms with van der Waals surface area (Å²) < 4.78 is 0. The molecule has 1 nitrogen and oxygen atoms in total. The van der Waals surface area contributed by atoms with Gasteiger partial charge >= 0.3 is 0 Å². The van der Waals surface area contributed by atoms with E-state index in [1.807, 2.05) is 35.2 Å². The van der Waals surface area contributed by atoms with Crippen LogP contribution in [0.4, 0.5) is 0 Å². The molecular weight excluding hydrogens is 142 g/mol. The minimum absolute atomic E-state index is 1.03. The monoisotopic (exact) mass is 151 g/mol. The van der Waals surface area contributed by atoms with Crippen molar-refractivity contribution in [3.05, 3.63) is 35.2 Å². The molecular formula is C8H9NS. The van der Waals surface area contributed by atoms with Gasteiger partial charge in [0.2, 0.25) is 0 Å². The molecule has 1 aliphatic heterocycles. The maximum atomic E-state index is 3.78. The van der Waals surface area contributed by atoms with Crippen LogP contribution in [0.5, 0.6) is 0 Å². The lowest BCUT2D eigenvalue weighted by atomic mass is 10.5. The summed E-state index contributed by atoms with van der Waals surface area (Å²) in [6.07, 6.45) is 6.72. The number of hydrogen-bond acceptors (Lipinski definition) is 2. The van der Waals surface area contributed by atoms with E-state index in [2.05, 4.69) is 4.99 Å². The van der Waals surface area contributed by atoms with Crippen LogP contribution in [-0.2, 0) is 0 Å². The number of rotatable bonds is 0. The highest BCUT2D eigenvalue weighted by atomic mass is 32.1. The second kappa shape index (κ2) is 4.94. The Morgan fingerprint density at radius 2 is 2.00 bits per heavy atom. The zero-order valence-corrected chi connectivity index (χ0v) is 6.42. The van der Waals surface area contributed by atoms with Gasteiger partial charge in [0.15, 0.2) is 0 Å². The number of nitrogens with zero attached hydrogens (tertiary/aromatic N) is 1. The normalized spacial score (nSPS) is 12.8. The van der Waals surface area contributed by atoms with Gasteiger partial charge in [-0.3, -0.25) is 4.99 Å². The first-order valence-electron chi connectivity index (χ1n) is 3.14. The zero-order chi connectivity index (χ0) is 7.07. The molecule has 0 amide bonds. The minimum Gasteiger partial charge on any atom is -0.269 e. The van der Waals surface area contributed by atoms with Gasteiger partial charge in [0.05, 0.1) is 0 Å². The van der Waals surface area contributed by atoms with Gasteiger partial charge in [0, 0.05) is 18.8 Å². The van der Waals surface area contributed by atoms with Crippen LogP contribution < -0.4 is 0 Å². The SMILES string of the molecule is C1=CN=CC1.c1ccsc1. The molecule has 0 bridgehead atoms. The molecule has 1 aliphatic rings. The molecule has 0 spiro atoms. The Balaban J connectivity index is 0.0000001000. The lowest BCUT2D eigenvalue weighted by molar-refractivity contribution is 1.60. The van der Waals surface area contributed by atoms with Crippen LogP contribution in [-0.4, -0.2) is 6.21 Å². The molecule has 2 heteroatoms.